The molecule has 4 N–H and O–H groups in total. The van der Waals surface area contributed by atoms with Crippen LogP contribution >= 0.6 is 0 Å². The molecule has 2 aromatic rings. The molecular formula is C34H42FN3O10. The van der Waals surface area contributed by atoms with Gasteiger partial charge in [0.05, 0.1) is 13.2 Å². The van der Waals surface area contributed by atoms with Crippen molar-refractivity contribution in [2.75, 3.05) is 65.6 Å². The van der Waals surface area contributed by atoms with Crippen molar-refractivity contribution in [3.63, 3.8) is 0 Å². The van der Waals surface area contributed by atoms with Crippen LogP contribution in [0.2, 0.25) is 0 Å². The minimum Gasteiger partial charge on any atom is -0.478 e. The lowest BCUT2D eigenvalue weighted by atomic mass is 9.98. The number of piperazine rings is 1. The van der Waals surface area contributed by atoms with Gasteiger partial charge < -0.3 is 30.1 Å². The van der Waals surface area contributed by atoms with Gasteiger partial charge in [0.15, 0.2) is 5.78 Å². The molecule has 2 heterocycles. The van der Waals surface area contributed by atoms with Gasteiger partial charge in [-0.05, 0) is 17.7 Å². The van der Waals surface area contributed by atoms with Crippen molar-refractivity contribution >= 4 is 29.7 Å². The third-order valence-electron chi connectivity index (χ3n) is 7.41. The zero-order valence-corrected chi connectivity index (χ0v) is 26.7. The molecule has 0 aromatic heterocycles. The minimum absolute atomic E-state index is 0.00994. The number of rotatable bonds is 12. The van der Waals surface area contributed by atoms with Gasteiger partial charge in [-0.15, -0.1) is 0 Å². The maximum atomic E-state index is 13.5. The Morgan fingerprint density at radius 3 is 1.56 bits per heavy atom. The Hall–Kier alpha value is -4.76. The number of Topliss-reactive ketones (excluding diaryl/α,β-unsaturated/α-hetero) is 1. The largest absolute Gasteiger partial charge is 0.478 e. The molecule has 2 saturated heterocycles. The summed E-state index contributed by atoms with van der Waals surface area (Å²) in [6.45, 7) is 11.0. The smallest absolute Gasteiger partial charge is 0.328 e. The number of carbonyl (C=O) groups is 5. The van der Waals surface area contributed by atoms with Crippen molar-refractivity contribution in [1.82, 2.24) is 14.7 Å². The number of nitrogens with zero attached hydrogens (tertiary/aromatic N) is 3. The van der Waals surface area contributed by atoms with Crippen LogP contribution in [0.1, 0.15) is 28.9 Å². The highest BCUT2D eigenvalue weighted by Crippen LogP contribution is 2.24. The molecule has 2 aliphatic heterocycles. The summed E-state index contributed by atoms with van der Waals surface area (Å²) in [6, 6.07) is 16.8. The molecule has 0 amide bonds. The average Bonchev–Trinajstić information content (AvgIpc) is 3.07. The van der Waals surface area contributed by atoms with E-state index in [-0.39, 0.29) is 23.6 Å². The zero-order chi connectivity index (χ0) is 35.5. The molecule has 2 aliphatic rings. The Labute approximate surface area is 278 Å². The Kier molecular flexibility index (Phi) is 17.4. The van der Waals surface area contributed by atoms with E-state index in [0.717, 1.165) is 76.7 Å². The first-order chi connectivity index (χ1) is 22.8. The summed E-state index contributed by atoms with van der Waals surface area (Å²) in [4.78, 5) is 58.3. The van der Waals surface area contributed by atoms with Crippen LogP contribution in [0.15, 0.2) is 78.9 Å². The maximum absolute atomic E-state index is 13.5. The topological polar surface area (TPSA) is 185 Å². The van der Waals surface area contributed by atoms with E-state index in [2.05, 4.69) is 14.7 Å². The highest BCUT2D eigenvalue weighted by atomic mass is 19.1. The zero-order valence-electron chi connectivity index (χ0n) is 26.7. The summed E-state index contributed by atoms with van der Waals surface area (Å²) < 4.78 is 19.0. The number of ketones is 1. The van der Waals surface area contributed by atoms with Gasteiger partial charge in [-0.1, -0.05) is 49.4 Å². The average molecular weight is 672 g/mol. The van der Waals surface area contributed by atoms with Gasteiger partial charge in [-0.3, -0.25) is 14.6 Å². The number of benzene rings is 2. The summed E-state index contributed by atoms with van der Waals surface area (Å²) in [5.41, 5.74) is 1.96. The van der Waals surface area contributed by atoms with E-state index >= 15 is 0 Å². The van der Waals surface area contributed by atoms with Gasteiger partial charge in [-0.25, -0.2) is 23.6 Å². The Morgan fingerprint density at radius 1 is 0.688 bits per heavy atom. The third-order valence-corrected chi connectivity index (χ3v) is 7.41. The van der Waals surface area contributed by atoms with Crippen molar-refractivity contribution in [2.45, 2.75) is 13.0 Å². The van der Waals surface area contributed by atoms with Crippen LogP contribution in [-0.2, 0) is 23.9 Å². The summed E-state index contributed by atoms with van der Waals surface area (Å²) in [5, 5.41) is 31.2. The standard InChI is InChI=1S/C26H34FN3O2.2C4H4O4/c1-21(26(31)23-5-3-2-4-6-23)19-28-11-13-29(14-12-28)20-25(30-15-17-32-18-16-30)22-7-9-24(27)10-8-22;2*5-3(6)1-2-4(7)8/h2-10,21,25H,11-20H2,1H3;2*1-2H,(H,5,6)(H,7,8)/b;2*2-1-. The highest BCUT2D eigenvalue weighted by Gasteiger charge is 2.28. The predicted octanol–water partition coefficient (Wildman–Crippen LogP) is 2.76. The van der Waals surface area contributed by atoms with Gasteiger partial charge in [0.1, 0.15) is 5.82 Å². The molecule has 2 fully saturated rings. The van der Waals surface area contributed by atoms with E-state index in [1.165, 1.54) is 0 Å². The summed E-state index contributed by atoms with van der Waals surface area (Å²) in [5.74, 6) is -5.01. The number of morpholine rings is 1. The lowest BCUT2D eigenvalue weighted by Gasteiger charge is -2.41. The molecule has 48 heavy (non-hydrogen) atoms. The molecule has 0 saturated carbocycles. The molecule has 2 unspecified atom stereocenters. The third kappa shape index (κ3) is 15.7. The van der Waals surface area contributed by atoms with Crippen molar-refractivity contribution in [3.05, 3.63) is 95.8 Å². The second-order valence-corrected chi connectivity index (χ2v) is 11.0. The molecule has 4 rings (SSSR count). The first-order valence-corrected chi connectivity index (χ1v) is 15.2. The van der Waals surface area contributed by atoms with Gasteiger partial charge in [0.2, 0.25) is 0 Å². The quantitative estimate of drug-likeness (QED) is 0.191. The Morgan fingerprint density at radius 2 is 1.12 bits per heavy atom. The molecule has 14 heteroatoms. The molecule has 0 bridgehead atoms. The van der Waals surface area contributed by atoms with Crippen LogP contribution in [-0.4, -0.2) is 130 Å². The van der Waals surface area contributed by atoms with E-state index in [0.29, 0.717) is 24.3 Å². The van der Waals surface area contributed by atoms with Crippen molar-refractivity contribution in [2.24, 2.45) is 5.92 Å². The van der Waals surface area contributed by atoms with Crippen molar-refractivity contribution in [3.8, 4) is 0 Å². The molecule has 0 spiro atoms. The van der Waals surface area contributed by atoms with Crippen LogP contribution in [0, 0.1) is 11.7 Å². The van der Waals surface area contributed by atoms with E-state index in [1.54, 1.807) is 12.1 Å². The molecule has 260 valence electrons. The van der Waals surface area contributed by atoms with E-state index < -0.39 is 23.9 Å². The predicted molar refractivity (Wildman–Crippen MR) is 173 cm³/mol. The molecule has 2 atom stereocenters. The number of carboxylic acid groups (broad SMARTS) is 4. The van der Waals surface area contributed by atoms with Crippen LogP contribution in [0.3, 0.4) is 0 Å². The number of halogens is 1. The number of carbonyl (C=O) groups excluding carboxylic acids is 1. The summed E-state index contributed by atoms with van der Waals surface area (Å²) in [6.07, 6.45) is 2.23. The number of hydrogen-bond acceptors (Lipinski definition) is 9. The fourth-order valence-electron chi connectivity index (χ4n) is 5.05. The molecular weight excluding hydrogens is 629 g/mol. The molecule has 2 aromatic carbocycles. The fourth-order valence-corrected chi connectivity index (χ4v) is 5.05. The molecule has 0 aliphatic carbocycles. The van der Waals surface area contributed by atoms with Gasteiger partial charge in [0, 0.05) is 94.2 Å². The first kappa shape index (κ1) is 39.4. The lowest BCUT2D eigenvalue weighted by molar-refractivity contribution is -0.134. The molecule has 0 radical (unpaired) electrons. The number of aliphatic carboxylic acids is 4. The van der Waals surface area contributed by atoms with Crippen LogP contribution < -0.4 is 0 Å². The van der Waals surface area contributed by atoms with E-state index in [4.69, 9.17) is 25.2 Å². The van der Waals surface area contributed by atoms with E-state index in [1.807, 2.05) is 49.4 Å². The lowest BCUT2D eigenvalue weighted by Crippen LogP contribution is -2.51. The minimum atomic E-state index is -1.26. The first-order valence-electron chi connectivity index (χ1n) is 15.2. The van der Waals surface area contributed by atoms with Gasteiger partial charge >= 0.3 is 23.9 Å². The SMILES string of the molecule is CC(CN1CCN(CC(c2ccc(F)cc2)N2CCOCC2)CC1)C(=O)c1ccccc1.O=C(O)/C=C\C(=O)O.O=C(O)/C=C\C(=O)O. The maximum Gasteiger partial charge on any atom is 0.328 e. The second kappa shape index (κ2) is 21.2. The normalized spacial score (nSPS) is 17.0. The Balaban J connectivity index is 0.000000414. The number of ether oxygens (including phenoxy) is 1. The summed E-state index contributed by atoms with van der Waals surface area (Å²) >= 11 is 0. The Bertz CT molecular complexity index is 1320. The van der Waals surface area contributed by atoms with Crippen molar-refractivity contribution in [1.29, 1.82) is 0 Å². The van der Waals surface area contributed by atoms with Gasteiger partial charge in [0.25, 0.3) is 0 Å². The monoisotopic (exact) mass is 671 g/mol. The van der Waals surface area contributed by atoms with Crippen LogP contribution in [0.25, 0.3) is 0 Å². The highest BCUT2D eigenvalue weighted by molar-refractivity contribution is 5.97. The second-order valence-electron chi connectivity index (χ2n) is 11.0. The van der Waals surface area contributed by atoms with Gasteiger partial charge in [-0.2, -0.15) is 0 Å². The number of hydrogen-bond donors (Lipinski definition) is 4. The molecule has 13 nitrogen and oxygen atoms in total. The van der Waals surface area contributed by atoms with Crippen molar-refractivity contribution < 1.29 is 53.5 Å². The van der Waals surface area contributed by atoms with Crippen LogP contribution in [0.5, 0.6) is 0 Å². The summed E-state index contributed by atoms with van der Waals surface area (Å²) in [7, 11) is 0. The fraction of sp³-hybridized carbons (Fsp3) is 0.382. The van der Waals surface area contributed by atoms with Crippen LogP contribution in [0.4, 0.5) is 4.39 Å². The number of carboxylic acids is 4. The van der Waals surface area contributed by atoms with E-state index in [9.17, 15) is 28.4 Å².